The van der Waals surface area contributed by atoms with E-state index in [9.17, 15) is 9.59 Å². The first-order valence-corrected chi connectivity index (χ1v) is 7.32. The normalized spacial score (nSPS) is 33.3. The molecule has 0 saturated carbocycles. The molecule has 0 aromatic heterocycles. The molecule has 5 heteroatoms. The Morgan fingerprint density at radius 2 is 2.18 bits per heavy atom. The van der Waals surface area contributed by atoms with Crippen LogP contribution >= 0.6 is 11.8 Å². The minimum absolute atomic E-state index is 0.148. The summed E-state index contributed by atoms with van der Waals surface area (Å²) in [4.78, 5) is 22.8. The van der Waals surface area contributed by atoms with Gasteiger partial charge in [-0.15, -0.1) is 0 Å². The van der Waals surface area contributed by atoms with Gasteiger partial charge in [-0.1, -0.05) is 13.8 Å². The molecular weight excluding hydrogens is 236 g/mol. The molecule has 2 rings (SSSR count). The van der Waals surface area contributed by atoms with E-state index >= 15 is 0 Å². The summed E-state index contributed by atoms with van der Waals surface area (Å²) in [6.45, 7) is 4.49. The maximum absolute atomic E-state index is 11.7. The summed E-state index contributed by atoms with van der Waals surface area (Å²) in [6.07, 6.45) is 2.24. The van der Waals surface area contributed by atoms with Gasteiger partial charge in [-0.25, -0.2) is 0 Å². The van der Waals surface area contributed by atoms with Crippen molar-refractivity contribution in [1.82, 2.24) is 10.6 Å². The molecule has 2 aliphatic heterocycles. The third-order valence-corrected chi connectivity index (χ3v) is 4.82. The molecule has 0 spiro atoms. The van der Waals surface area contributed by atoms with Crippen molar-refractivity contribution < 1.29 is 9.59 Å². The Labute approximate surface area is 106 Å². The lowest BCUT2D eigenvalue weighted by molar-refractivity contribution is -0.135. The minimum atomic E-state index is -0.198. The third-order valence-electron chi connectivity index (χ3n) is 3.76. The number of carbonyl (C=O) groups excluding carboxylic acids is 2. The lowest BCUT2D eigenvalue weighted by atomic mass is 9.81. The van der Waals surface area contributed by atoms with Crippen molar-refractivity contribution >= 4 is 23.6 Å². The quantitative estimate of drug-likeness (QED) is 0.721. The largest absolute Gasteiger partial charge is 0.302 e. The van der Waals surface area contributed by atoms with Crippen LogP contribution in [-0.2, 0) is 9.59 Å². The van der Waals surface area contributed by atoms with Gasteiger partial charge in [-0.2, -0.15) is 11.8 Å². The molecule has 2 unspecified atom stereocenters. The molecule has 2 atom stereocenters. The van der Waals surface area contributed by atoms with Gasteiger partial charge < -0.3 is 5.32 Å². The first-order chi connectivity index (χ1) is 7.99. The summed E-state index contributed by atoms with van der Waals surface area (Å²) in [7, 11) is 0. The van der Waals surface area contributed by atoms with Crippen LogP contribution in [0.25, 0.3) is 0 Å². The molecule has 2 N–H and O–H groups in total. The maximum atomic E-state index is 11.7. The average Bonchev–Trinajstić information content (AvgIpc) is 2.24. The Morgan fingerprint density at radius 1 is 1.41 bits per heavy atom. The molecule has 2 heterocycles. The van der Waals surface area contributed by atoms with Crippen LogP contribution in [0, 0.1) is 5.41 Å². The van der Waals surface area contributed by atoms with E-state index in [2.05, 4.69) is 24.5 Å². The molecule has 0 bridgehead atoms. The van der Waals surface area contributed by atoms with Gasteiger partial charge in [-0.3, -0.25) is 14.9 Å². The van der Waals surface area contributed by atoms with E-state index in [0.29, 0.717) is 18.9 Å². The van der Waals surface area contributed by atoms with E-state index in [1.165, 1.54) is 12.2 Å². The van der Waals surface area contributed by atoms with Crippen molar-refractivity contribution in [3.05, 3.63) is 0 Å². The summed E-state index contributed by atoms with van der Waals surface area (Å²) in [5.74, 6) is 1.93. The predicted octanol–water partition coefficient (Wildman–Crippen LogP) is 0.913. The molecule has 0 aromatic rings. The molecule has 96 valence electrons. The van der Waals surface area contributed by atoms with E-state index in [4.69, 9.17) is 0 Å². The topological polar surface area (TPSA) is 58.2 Å². The molecule has 4 nitrogen and oxygen atoms in total. The zero-order chi connectivity index (χ0) is 12.5. The second-order valence-corrected chi connectivity index (χ2v) is 6.69. The number of piperidine rings is 1. The summed E-state index contributed by atoms with van der Waals surface area (Å²) in [5, 5.41) is 5.83. The number of carbonyl (C=O) groups is 2. The summed E-state index contributed by atoms with van der Waals surface area (Å²) in [6, 6.07) is 0.154. The van der Waals surface area contributed by atoms with Crippen molar-refractivity contribution in [3.8, 4) is 0 Å². The van der Waals surface area contributed by atoms with Crippen LogP contribution in [0.2, 0.25) is 0 Å². The van der Waals surface area contributed by atoms with Crippen molar-refractivity contribution in [3.63, 3.8) is 0 Å². The van der Waals surface area contributed by atoms with Crippen molar-refractivity contribution in [2.24, 2.45) is 5.41 Å². The SMILES string of the molecule is CC1(C)CCSCC1NC1CCC(=O)NC1=O. The monoisotopic (exact) mass is 256 g/mol. The first-order valence-electron chi connectivity index (χ1n) is 6.16. The number of hydrogen-bond acceptors (Lipinski definition) is 4. The fourth-order valence-electron chi connectivity index (χ4n) is 2.31. The highest BCUT2D eigenvalue weighted by molar-refractivity contribution is 7.99. The van der Waals surface area contributed by atoms with Crippen LogP contribution in [0.1, 0.15) is 33.1 Å². The number of thioether (sulfide) groups is 1. The van der Waals surface area contributed by atoms with Gasteiger partial charge in [0.05, 0.1) is 6.04 Å². The summed E-state index contributed by atoms with van der Waals surface area (Å²) < 4.78 is 0. The molecule has 2 fully saturated rings. The Kier molecular flexibility index (Phi) is 3.78. The van der Waals surface area contributed by atoms with Crippen LogP contribution in [0.3, 0.4) is 0 Å². The smallest absolute Gasteiger partial charge is 0.243 e. The lowest BCUT2D eigenvalue weighted by Gasteiger charge is -2.41. The number of nitrogens with one attached hydrogen (secondary N) is 2. The predicted molar refractivity (Wildman–Crippen MR) is 68.8 cm³/mol. The molecule has 0 aromatic carbocycles. The zero-order valence-electron chi connectivity index (χ0n) is 10.4. The molecule has 0 radical (unpaired) electrons. The number of hydrogen-bond donors (Lipinski definition) is 2. The highest BCUT2D eigenvalue weighted by atomic mass is 32.2. The Balaban J connectivity index is 1.95. The molecule has 0 aliphatic carbocycles. The highest BCUT2D eigenvalue weighted by Crippen LogP contribution is 2.34. The van der Waals surface area contributed by atoms with E-state index in [1.54, 1.807) is 0 Å². The summed E-state index contributed by atoms with van der Waals surface area (Å²) in [5.41, 5.74) is 0.229. The van der Waals surface area contributed by atoms with Crippen LogP contribution in [0.15, 0.2) is 0 Å². The van der Waals surface area contributed by atoms with E-state index in [-0.39, 0.29) is 23.3 Å². The minimum Gasteiger partial charge on any atom is -0.302 e. The van der Waals surface area contributed by atoms with Crippen molar-refractivity contribution in [2.75, 3.05) is 11.5 Å². The van der Waals surface area contributed by atoms with E-state index < -0.39 is 0 Å². The Morgan fingerprint density at radius 3 is 2.82 bits per heavy atom. The van der Waals surface area contributed by atoms with Crippen LogP contribution in [0.4, 0.5) is 0 Å². The zero-order valence-corrected chi connectivity index (χ0v) is 11.2. The van der Waals surface area contributed by atoms with Crippen LogP contribution in [0.5, 0.6) is 0 Å². The molecule has 17 heavy (non-hydrogen) atoms. The van der Waals surface area contributed by atoms with Gasteiger partial charge in [-0.05, 0) is 24.0 Å². The van der Waals surface area contributed by atoms with Gasteiger partial charge in [0.2, 0.25) is 11.8 Å². The third kappa shape index (κ3) is 3.01. The van der Waals surface area contributed by atoms with Crippen molar-refractivity contribution in [2.45, 2.75) is 45.2 Å². The summed E-state index contributed by atoms with van der Waals surface area (Å²) >= 11 is 1.93. The van der Waals surface area contributed by atoms with Crippen molar-refractivity contribution in [1.29, 1.82) is 0 Å². The standard InChI is InChI=1S/C12H20N2O2S/c1-12(2)5-6-17-7-9(12)13-8-3-4-10(15)14-11(8)16/h8-9,13H,3-7H2,1-2H3,(H,14,15,16). The van der Waals surface area contributed by atoms with Gasteiger partial charge in [0.1, 0.15) is 0 Å². The molecule has 2 saturated heterocycles. The molecular formula is C12H20N2O2S. The van der Waals surface area contributed by atoms with E-state index in [1.807, 2.05) is 11.8 Å². The highest BCUT2D eigenvalue weighted by Gasteiger charge is 2.36. The molecule has 2 aliphatic rings. The Hall–Kier alpha value is -0.550. The fourth-order valence-corrected chi connectivity index (χ4v) is 3.93. The average molecular weight is 256 g/mol. The van der Waals surface area contributed by atoms with E-state index in [0.717, 1.165) is 5.75 Å². The molecule has 2 amide bonds. The van der Waals surface area contributed by atoms with Gasteiger partial charge in [0, 0.05) is 18.2 Å². The van der Waals surface area contributed by atoms with Gasteiger partial charge >= 0.3 is 0 Å². The number of imide groups is 1. The second kappa shape index (κ2) is 4.98. The first kappa shape index (κ1) is 12.9. The van der Waals surface area contributed by atoms with Crippen LogP contribution < -0.4 is 10.6 Å². The number of amides is 2. The number of rotatable bonds is 2. The van der Waals surface area contributed by atoms with Gasteiger partial charge in [0.15, 0.2) is 0 Å². The van der Waals surface area contributed by atoms with Crippen LogP contribution in [-0.4, -0.2) is 35.4 Å². The lowest BCUT2D eigenvalue weighted by Crippen LogP contribution is -2.58. The fraction of sp³-hybridized carbons (Fsp3) is 0.833. The van der Waals surface area contributed by atoms with Gasteiger partial charge in [0.25, 0.3) is 0 Å². The Bertz CT molecular complexity index is 330. The second-order valence-electron chi connectivity index (χ2n) is 5.54. The maximum Gasteiger partial charge on any atom is 0.243 e.